The van der Waals surface area contributed by atoms with Gasteiger partial charge in [0.1, 0.15) is 12.4 Å². The normalized spacial score (nSPS) is 14.2. The molecule has 2 rings (SSSR count). The summed E-state index contributed by atoms with van der Waals surface area (Å²) >= 11 is 0. The Morgan fingerprint density at radius 2 is 2.19 bits per heavy atom. The minimum absolute atomic E-state index is 0.0777. The van der Waals surface area contributed by atoms with Crippen LogP contribution >= 0.6 is 0 Å². The summed E-state index contributed by atoms with van der Waals surface area (Å²) < 4.78 is 5.51. The molecule has 3 heteroatoms. The minimum atomic E-state index is -0.0777. The summed E-state index contributed by atoms with van der Waals surface area (Å²) in [6, 6.07) is 7.30. The van der Waals surface area contributed by atoms with Crippen molar-refractivity contribution in [2.24, 2.45) is 0 Å². The molecule has 0 aromatic heterocycles. The first kappa shape index (κ1) is 15.4. The van der Waals surface area contributed by atoms with Gasteiger partial charge in [-0.2, -0.15) is 0 Å². The van der Waals surface area contributed by atoms with Gasteiger partial charge in [-0.25, -0.2) is 0 Å². The number of hydrogen-bond acceptors (Lipinski definition) is 2. The van der Waals surface area contributed by atoms with Crippen LogP contribution < -0.4 is 10.1 Å². The van der Waals surface area contributed by atoms with E-state index in [9.17, 15) is 4.79 Å². The summed E-state index contributed by atoms with van der Waals surface area (Å²) in [5.41, 5.74) is 2.05. The van der Waals surface area contributed by atoms with Crippen molar-refractivity contribution in [1.82, 2.24) is 5.32 Å². The van der Waals surface area contributed by atoms with E-state index in [4.69, 9.17) is 4.74 Å². The number of hydrogen-bond donors (Lipinski definition) is 1. The summed E-state index contributed by atoms with van der Waals surface area (Å²) in [5.74, 6) is 0.526. The van der Waals surface area contributed by atoms with Gasteiger partial charge in [0.2, 0.25) is 0 Å². The molecule has 3 nitrogen and oxygen atoms in total. The number of benzene rings is 1. The summed E-state index contributed by atoms with van der Waals surface area (Å²) in [5, 5.41) is 2.98. The van der Waals surface area contributed by atoms with Gasteiger partial charge in [-0.3, -0.25) is 4.79 Å². The van der Waals surface area contributed by atoms with Gasteiger partial charge < -0.3 is 10.1 Å². The van der Waals surface area contributed by atoms with Crippen molar-refractivity contribution in [3.05, 3.63) is 54.1 Å². The molecule has 0 spiro atoms. The molecule has 1 amide bonds. The van der Waals surface area contributed by atoms with Crippen molar-refractivity contribution in [2.45, 2.75) is 32.1 Å². The Hall–Kier alpha value is -2.03. The lowest BCUT2D eigenvalue weighted by Gasteiger charge is -2.14. The van der Waals surface area contributed by atoms with Gasteiger partial charge in [0.25, 0.3) is 5.91 Å². The van der Waals surface area contributed by atoms with E-state index in [0.29, 0.717) is 24.5 Å². The molecule has 0 bridgehead atoms. The number of ether oxygens (including phenoxy) is 1. The van der Waals surface area contributed by atoms with E-state index in [-0.39, 0.29) is 5.91 Å². The highest BCUT2D eigenvalue weighted by Gasteiger charge is 2.11. The highest BCUT2D eigenvalue weighted by molar-refractivity contribution is 5.96. The lowest BCUT2D eigenvalue weighted by molar-refractivity contribution is 0.0950. The van der Waals surface area contributed by atoms with Crippen LogP contribution in [-0.2, 0) is 0 Å². The third-order valence-corrected chi connectivity index (χ3v) is 3.61. The van der Waals surface area contributed by atoms with Crippen LogP contribution in [0.25, 0.3) is 0 Å². The van der Waals surface area contributed by atoms with Crippen LogP contribution in [0.2, 0.25) is 0 Å². The molecule has 0 atom stereocenters. The zero-order valence-electron chi connectivity index (χ0n) is 12.4. The average molecular weight is 285 g/mol. The van der Waals surface area contributed by atoms with Crippen LogP contribution in [0.5, 0.6) is 5.75 Å². The topological polar surface area (TPSA) is 38.3 Å². The maximum Gasteiger partial charge on any atom is 0.255 e. The molecule has 0 saturated heterocycles. The van der Waals surface area contributed by atoms with Gasteiger partial charge in [0, 0.05) is 6.54 Å². The van der Waals surface area contributed by atoms with Crippen LogP contribution in [0.4, 0.5) is 0 Å². The Balaban J connectivity index is 1.87. The van der Waals surface area contributed by atoms with Crippen LogP contribution in [0.15, 0.2) is 48.6 Å². The first-order valence-corrected chi connectivity index (χ1v) is 7.60. The highest BCUT2D eigenvalue weighted by atomic mass is 16.5. The van der Waals surface area contributed by atoms with E-state index in [1.807, 2.05) is 18.2 Å². The molecule has 112 valence electrons. The van der Waals surface area contributed by atoms with Crippen molar-refractivity contribution in [1.29, 1.82) is 0 Å². The van der Waals surface area contributed by atoms with Crippen molar-refractivity contribution in [3.63, 3.8) is 0 Å². The van der Waals surface area contributed by atoms with Crippen molar-refractivity contribution in [3.8, 4) is 5.75 Å². The monoisotopic (exact) mass is 285 g/mol. The minimum Gasteiger partial charge on any atom is -0.489 e. The first-order chi connectivity index (χ1) is 10.3. The predicted molar refractivity (Wildman–Crippen MR) is 85.6 cm³/mol. The maximum atomic E-state index is 12.2. The fourth-order valence-electron chi connectivity index (χ4n) is 2.49. The average Bonchev–Trinajstić information content (AvgIpc) is 2.54. The second-order valence-electron chi connectivity index (χ2n) is 5.21. The number of rotatable bonds is 7. The molecule has 0 heterocycles. The van der Waals surface area contributed by atoms with Crippen LogP contribution in [0, 0.1) is 0 Å². The third kappa shape index (κ3) is 4.78. The molecule has 0 radical (unpaired) electrons. The van der Waals surface area contributed by atoms with Crippen molar-refractivity contribution in [2.75, 3.05) is 13.2 Å². The quantitative estimate of drug-likeness (QED) is 0.772. The first-order valence-electron chi connectivity index (χ1n) is 7.60. The number of amides is 1. The summed E-state index contributed by atoms with van der Waals surface area (Å²) in [4.78, 5) is 12.2. The predicted octanol–water partition coefficient (Wildman–Crippen LogP) is 3.87. The van der Waals surface area contributed by atoms with Crippen molar-refractivity contribution < 1.29 is 9.53 Å². The van der Waals surface area contributed by atoms with Gasteiger partial charge in [-0.15, -0.1) is 0 Å². The SMILES string of the molecule is C=CCOc1ccccc1C(=O)NCCC1=CCCCC1. The van der Waals surface area contributed by atoms with Gasteiger partial charge in [-0.1, -0.05) is 36.4 Å². The number of allylic oxidation sites excluding steroid dienone is 1. The summed E-state index contributed by atoms with van der Waals surface area (Å²) in [7, 11) is 0. The highest BCUT2D eigenvalue weighted by Crippen LogP contribution is 2.20. The molecular formula is C18H23NO2. The van der Waals surface area contributed by atoms with Crippen LogP contribution in [-0.4, -0.2) is 19.1 Å². The second-order valence-corrected chi connectivity index (χ2v) is 5.21. The molecular weight excluding hydrogens is 262 g/mol. The number of nitrogens with one attached hydrogen (secondary N) is 1. The molecule has 0 fully saturated rings. The lowest BCUT2D eigenvalue weighted by Crippen LogP contribution is -2.25. The van der Waals surface area contributed by atoms with Gasteiger partial charge in [0.15, 0.2) is 0 Å². The number of carbonyl (C=O) groups excluding carboxylic acids is 1. The summed E-state index contributed by atoms with van der Waals surface area (Å²) in [6.45, 7) is 4.70. The van der Waals surface area contributed by atoms with E-state index < -0.39 is 0 Å². The molecule has 1 aromatic rings. The molecule has 1 N–H and O–H groups in total. The maximum absolute atomic E-state index is 12.2. The largest absolute Gasteiger partial charge is 0.489 e. The van der Waals surface area contributed by atoms with Crippen LogP contribution in [0.1, 0.15) is 42.5 Å². The Morgan fingerprint density at radius 3 is 2.95 bits per heavy atom. The number of carbonyl (C=O) groups is 1. The van der Waals surface area contributed by atoms with Crippen LogP contribution in [0.3, 0.4) is 0 Å². The Bertz CT molecular complexity index is 520. The van der Waals surface area contributed by atoms with E-state index in [1.165, 1.54) is 31.3 Å². The Morgan fingerprint density at radius 1 is 1.33 bits per heavy atom. The van der Waals surface area contributed by atoms with E-state index in [0.717, 1.165) is 6.42 Å². The molecule has 21 heavy (non-hydrogen) atoms. The molecule has 1 aliphatic carbocycles. The molecule has 1 aromatic carbocycles. The fraction of sp³-hybridized carbons (Fsp3) is 0.389. The second kappa shape index (κ2) is 8.30. The smallest absolute Gasteiger partial charge is 0.255 e. The van der Waals surface area contributed by atoms with Crippen molar-refractivity contribution >= 4 is 5.91 Å². The molecule has 1 aliphatic rings. The number of para-hydroxylation sites is 1. The Labute approximate surface area is 126 Å². The van der Waals surface area contributed by atoms with E-state index >= 15 is 0 Å². The van der Waals surface area contributed by atoms with E-state index in [2.05, 4.69) is 18.0 Å². The molecule has 0 unspecified atom stereocenters. The van der Waals surface area contributed by atoms with Gasteiger partial charge in [0.05, 0.1) is 5.56 Å². The molecule has 0 saturated carbocycles. The van der Waals surface area contributed by atoms with Gasteiger partial charge >= 0.3 is 0 Å². The Kier molecular flexibility index (Phi) is 6.07. The fourth-order valence-corrected chi connectivity index (χ4v) is 2.49. The third-order valence-electron chi connectivity index (χ3n) is 3.61. The van der Waals surface area contributed by atoms with Gasteiger partial charge in [-0.05, 0) is 44.2 Å². The standard InChI is InChI=1S/C18H23NO2/c1-2-14-21-17-11-7-6-10-16(17)18(20)19-13-12-15-8-4-3-5-9-15/h2,6-8,10-11H,1,3-5,9,12-14H2,(H,19,20). The lowest BCUT2D eigenvalue weighted by atomic mass is 9.97. The zero-order valence-corrected chi connectivity index (χ0v) is 12.4. The zero-order chi connectivity index (χ0) is 14.9. The summed E-state index contributed by atoms with van der Waals surface area (Å²) in [6.07, 6.45) is 9.86. The molecule has 0 aliphatic heterocycles. The van der Waals surface area contributed by atoms with E-state index in [1.54, 1.807) is 12.1 Å².